The van der Waals surface area contributed by atoms with Crippen LogP contribution in [-0.4, -0.2) is 22.8 Å². The molecule has 0 aliphatic heterocycles. The summed E-state index contributed by atoms with van der Waals surface area (Å²) in [7, 11) is 0. The second-order valence-corrected chi connectivity index (χ2v) is 6.51. The summed E-state index contributed by atoms with van der Waals surface area (Å²) in [6.07, 6.45) is -0.00616. The van der Waals surface area contributed by atoms with Gasteiger partial charge in [0.25, 0.3) is 5.91 Å². The number of benzene rings is 2. The number of hydrazine groups is 1. The van der Waals surface area contributed by atoms with E-state index in [4.69, 9.17) is 23.8 Å². The molecule has 7 nitrogen and oxygen atoms in total. The van der Waals surface area contributed by atoms with E-state index in [0.29, 0.717) is 6.54 Å². The Morgan fingerprint density at radius 3 is 2.21 bits per heavy atom. The zero-order valence-electron chi connectivity index (χ0n) is 14.8. The predicted octanol–water partition coefficient (Wildman–Crippen LogP) is 2.07. The maximum absolute atomic E-state index is 12.0. The second kappa shape index (κ2) is 11.0. The largest absolute Gasteiger partial charge is 0.352 e. The summed E-state index contributed by atoms with van der Waals surface area (Å²) in [5.74, 6) is -1.18. The first-order chi connectivity index (χ1) is 13.5. The second-order valence-electron chi connectivity index (χ2n) is 5.70. The normalized spacial score (nSPS) is 9.89. The standard InChI is InChI=1S/C19H19ClN4O3S/c20-15-9-5-4-8-14(15)18(27)22-19(28)24-23-17(26)11-10-16(25)21-12-13-6-2-1-3-7-13/h1-9H,10-12H2,(H,21,25)(H,23,26)(H2,22,24,27,28). The van der Waals surface area contributed by atoms with Crippen LogP contribution in [0.1, 0.15) is 28.8 Å². The summed E-state index contributed by atoms with van der Waals surface area (Å²) >= 11 is 10.9. The highest BCUT2D eigenvalue weighted by atomic mass is 35.5. The highest BCUT2D eigenvalue weighted by molar-refractivity contribution is 7.80. The van der Waals surface area contributed by atoms with Gasteiger partial charge in [0.2, 0.25) is 11.8 Å². The van der Waals surface area contributed by atoms with Crippen molar-refractivity contribution in [2.75, 3.05) is 0 Å². The van der Waals surface area contributed by atoms with Gasteiger partial charge in [0.15, 0.2) is 5.11 Å². The average Bonchev–Trinajstić information content (AvgIpc) is 2.70. The van der Waals surface area contributed by atoms with Crippen molar-refractivity contribution in [2.24, 2.45) is 0 Å². The minimum absolute atomic E-state index is 0.0269. The third-order valence-corrected chi connectivity index (χ3v) is 4.11. The Bertz CT molecular complexity index is 861. The number of carbonyl (C=O) groups is 3. The van der Waals surface area contributed by atoms with Crippen molar-refractivity contribution in [3.05, 3.63) is 70.7 Å². The molecule has 0 aliphatic rings. The molecule has 0 saturated heterocycles. The number of amides is 3. The summed E-state index contributed by atoms with van der Waals surface area (Å²) in [6.45, 7) is 0.401. The number of nitrogens with one attached hydrogen (secondary N) is 4. The van der Waals surface area contributed by atoms with Crippen LogP contribution in [0.5, 0.6) is 0 Å². The Balaban J connectivity index is 1.65. The fraction of sp³-hybridized carbons (Fsp3) is 0.158. The van der Waals surface area contributed by atoms with Gasteiger partial charge in [-0.1, -0.05) is 54.1 Å². The van der Waals surface area contributed by atoms with Gasteiger partial charge in [-0.2, -0.15) is 0 Å². The third-order valence-electron chi connectivity index (χ3n) is 3.57. The van der Waals surface area contributed by atoms with Crippen molar-refractivity contribution in [3.8, 4) is 0 Å². The number of halogens is 1. The number of rotatable bonds is 6. The molecule has 0 heterocycles. The number of thiocarbonyl (C=S) groups is 1. The minimum Gasteiger partial charge on any atom is -0.352 e. The lowest BCUT2D eigenvalue weighted by Gasteiger charge is -2.11. The molecule has 0 unspecified atom stereocenters. The fourth-order valence-corrected chi connectivity index (χ4v) is 2.51. The molecule has 146 valence electrons. The van der Waals surface area contributed by atoms with Crippen LogP contribution in [0.25, 0.3) is 0 Å². The van der Waals surface area contributed by atoms with Crippen LogP contribution in [0.3, 0.4) is 0 Å². The molecule has 0 fully saturated rings. The van der Waals surface area contributed by atoms with E-state index in [1.807, 2.05) is 30.3 Å². The molecule has 2 aromatic carbocycles. The van der Waals surface area contributed by atoms with Gasteiger partial charge in [0.1, 0.15) is 0 Å². The van der Waals surface area contributed by atoms with Gasteiger partial charge in [-0.15, -0.1) is 0 Å². The van der Waals surface area contributed by atoms with E-state index in [-0.39, 0.29) is 34.4 Å². The first-order valence-electron chi connectivity index (χ1n) is 8.41. The van der Waals surface area contributed by atoms with Crippen molar-refractivity contribution in [1.82, 2.24) is 21.5 Å². The number of hydrogen-bond acceptors (Lipinski definition) is 4. The Morgan fingerprint density at radius 2 is 1.50 bits per heavy atom. The van der Waals surface area contributed by atoms with Gasteiger partial charge >= 0.3 is 0 Å². The van der Waals surface area contributed by atoms with Gasteiger partial charge in [0, 0.05) is 19.4 Å². The molecule has 0 atom stereocenters. The lowest BCUT2D eigenvalue weighted by Crippen LogP contribution is -2.48. The molecule has 3 amide bonds. The Morgan fingerprint density at radius 1 is 0.857 bits per heavy atom. The summed E-state index contributed by atoms with van der Waals surface area (Å²) in [4.78, 5) is 35.6. The van der Waals surface area contributed by atoms with Crippen LogP contribution in [0, 0.1) is 0 Å². The molecule has 9 heteroatoms. The quantitative estimate of drug-likeness (QED) is 0.425. The molecule has 2 rings (SSSR count). The molecule has 0 bridgehead atoms. The van der Waals surface area contributed by atoms with Crippen LogP contribution < -0.4 is 21.5 Å². The zero-order valence-corrected chi connectivity index (χ0v) is 16.4. The number of hydrogen-bond donors (Lipinski definition) is 4. The minimum atomic E-state index is -0.502. The summed E-state index contributed by atoms with van der Waals surface area (Å²) in [6, 6.07) is 16.0. The summed E-state index contributed by atoms with van der Waals surface area (Å²) < 4.78 is 0. The third kappa shape index (κ3) is 7.34. The van der Waals surface area contributed by atoms with E-state index in [2.05, 4.69) is 21.5 Å². The average molecular weight is 419 g/mol. The van der Waals surface area contributed by atoms with Gasteiger partial charge in [-0.25, -0.2) is 0 Å². The summed E-state index contributed by atoms with van der Waals surface area (Å²) in [5.41, 5.74) is 5.97. The Hall–Kier alpha value is -2.97. The molecule has 28 heavy (non-hydrogen) atoms. The molecule has 0 aromatic heterocycles. The lowest BCUT2D eigenvalue weighted by atomic mass is 10.2. The fourth-order valence-electron chi connectivity index (χ4n) is 2.15. The van der Waals surface area contributed by atoms with Gasteiger partial charge in [0.05, 0.1) is 10.6 Å². The molecule has 0 spiro atoms. The lowest BCUT2D eigenvalue weighted by molar-refractivity contribution is -0.126. The van der Waals surface area contributed by atoms with Crippen LogP contribution in [0.2, 0.25) is 5.02 Å². The SMILES string of the molecule is O=C(CCC(=O)NNC(=S)NC(=O)c1ccccc1Cl)NCc1ccccc1. The molecule has 4 N–H and O–H groups in total. The predicted molar refractivity (Wildman–Crippen MR) is 110 cm³/mol. The Kier molecular flexibility index (Phi) is 8.38. The summed E-state index contributed by atoms with van der Waals surface area (Å²) in [5, 5.41) is 5.33. The molecular weight excluding hydrogens is 400 g/mol. The van der Waals surface area contributed by atoms with Crippen LogP contribution in [-0.2, 0) is 16.1 Å². The molecule has 0 radical (unpaired) electrons. The van der Waals surface area contributed by atoms with Crippen molar-refractivity contribution >= 4 is 46.7 Å². The van der Waals surface area contributed by atoms with E-state index in [1.54, 1.807) is 24.3 Å². The molecule has 0 saturated carbocycles. The van der Waals surface area contributed by atoms with Crippen LogP contribution >= 0.6 is 23.8 Å². The zero-order chi connectivity index (χ0) is 20.4. The first kappa shape index (κ1) is 21.3. The van der Waals surface area contributed by atoms with Crippen molar-refractivity contribution < 1.29 is 14.4 Å². The van der Waals surface area contributed by atoms with Gasteiger partial charge < -0.3 is 5.32 Å². The highest BCUT2D eigenvalue weighted by Crippen LogP contribution is 2.14. The van der Waals surface area contributed by atoms with Crippen LogP contribution in [0.4, 0.5) is 0 Å². The van der Waals surface area contributed by atoms with E-state index >= 15 is 0 Å². The van der Waals surface area contributed by atoms with Crippen molar-refractivity contribution in [2.45, 2.75) is 19.4 Å². The molecular formula is C19H19ClN4O3S. The highest BCUT2D eigenvalue weighted by Gasteiger charge is 2.12. The number of carbonyl (C=O) groups excluding carboxylic acids is 3. The molecule has 2 aromatic rings. The maximum Gasteiger partial charge on any atom is 0.258 e. The monoisotopic (exact) mass is 418 g/mol. The van der Waals surface area contributed by atoms with Crippen LogP contribution in [0.15, 0.2) is 54.6 Å². The van der Waals surface area contributed by atoms with Crippen molar-refractivity contribution in [1.29, 1.82) is 0 Å². The van der Waals surface area contributed by atoms with Gasteiger partial charge in [-0.3, -0.25) is 30.6 Å². The van der Waals surface area contributed by atoms with Crippen molar-refractivity contribution in [3.63, 3.8) is 0 Å². The van der Waals surface area contributed by atoms with E-state index < -0.39 is 11.8 Å². The Labute approximate surface area is 172 Å². The van der Waals surface area contributed by atoms with E-state index in [1.165, 1.54) is 0 Å². The first-order valence-corrected chi connectivity index (χ1v) is 9.19. The van der Waals surface area contributed by atoms with E-state index in [0.717, 1.165) is 5.56 Å². The van der Waals surface area contributed by atoms with Gasteiger partial charge in [-0.05, 0) is 29.9 Å². The van der Waals surface area contributed by atoms with E-state index in [9.17, 15) is 14.4 Å². The maximum atomic E-state index is 12.0. The smallest absolute Gasteiger partial charge is 0.258 e. The molecule has 0 aliphatic carbocycles. The topological polar surface area (TPSA) is 99.3 Å².